The number of nitrogens with one attached hydrogen (secondary N) is 1. The summed E-state index contributed by atoms with van der Waals surface area (Å²) in [4.78, 5) is 17.0. The summed E-state index contributed by atoms with van der Waals surface area (Å²) in [6.07, 6.45) is 1.46. The van der Waals surface area contributed by atoms with E-state index in [9.17, 15) is 13.6 Å². The number of pyridine rings is 1. The number of furan rings is 1. The lowest BCUT2D eigenvalue weighted by molar-refractivity contribution is 0.102. The standard InChI is InChI=1S/C18H11F2N3O3/c1-9-15-10(17(24)22-16-11(19)4-2-5-12(16)20)8-13(14-6-3-7-25-14)21-18(15)26-23-9/h2-8H,1H3,(H,22,24). The lowest BCUT2D eigenvalue weighted by Gasteiger charge is -2.09. The van der Waals surface area contributed by atoms with Gasteiger partial charge in [0.05, 0.1) is 22.9 Å². The lowest BCUT2D eigenvalue weighted by Crippen LogP contribution is -2.15. The Kier molecular flexibility index (Phi) is 3.72. The number of hydrogen-bond acceptors (Lipinski definition) is 5. The van der Waals surface area contributed by atoms with Gasteiger partial charge in [-0.05, 0) is 37.3 Å². The Bertz CT molecular complexity index is 1100. The third-order valence-corrected chi connectivity index (χ3v) is 3.84. The van der Waals surface area contributed by atoms with Crippen LogP contribution >= 0.6 is 0 Å². The fourth-order valence-electron chi connectivity index (χ4n) is 2.62. The first-order chi connectivity index (χ1) is 12.5. The highest BCUT2D eigenvalue weighted by Gasteiger charge is 2.22. The first-order valence-corrected chi connectivity index (χ1v) is 7.61. The quantitative estimate of drug-likeness (QED) is 0.592. The molecule has 1 N–H and O–H groups in total. The number of carbonyl (C=O) groups is 1. The van der Waals surface area contributed by atoms with Gasteiger partial charge in [0.15, 0.2) is 5.76 Å². The van der Waals surface area contributed by atoms with Crippen molar-refractivity contribution in [3.05, 3.63) is 65.6 Å². The van der Waals surface area contributed by atoms with E-state index in [1.54, 1.807) is 19.1 Å². The minimum Gasteiger partial charge on any atom is -0.463 e. The zero-order valence-electron chi connectivity index (χ0n) is 13.4. The van der Waals surface area contributed by atoms with Crippen LogP contribution in [-0.2, 0) is 0 Å². The van der Waals surface area contributed by atoms with Crippen molar-refractivity contribution in [1.82, 2.24) is 10.1 Å². The number of carbonyl (C=O) groups excluding carboxylic acids is 1. The van der Waals surface area contributed by atoms with Gasteiger partial charge in [0.25, 0.3) is 11.6 Å². The zero-order valence-corrected chi connectivity index (χ0v) is 13.4. The first kappa shape index (κ1) is 15.9. The van der Waals surface area contributed by atoms with Crippen LogP contribution in [-0.4, -0.2) is 16.0 Å². The largest absolute Gasteiger partial charge is 0.463 e. The molecule has 0 radical (unpaired) electrons. The molecule has 0 spiro atoms. The van der Waals surface area contributed by atoms with Crippen molar-refractivity contribution >= 4 is 22.7 Å². The number of rotatable bonds is 3. The Hall–Kier alpha value is -3.55. The summed E-state index contributed by atoms with van der Waals surface area (Å²) in [7, 11) is 0. The molecule has 8 heteroatoms. The predicted molar refractivity (Wildman–Crippen MR) is 88.6 cm³/mol. The van der Waals surface area contributed by atoms with Crippen LogP contribution in [0.2, 0.25) is 0 Å². The molecule has 0 bridgehead atoms. The van der Waals surface area contributed by atoms with Crippen molar-refractivity contribution < 1.29 is 22.5 Å². The number of aromatic nitrogens is 2. The molecule has 130 valence electrons. The van der Waals surface area contributed by atoms with Crippen LogP contribution in [0.5, 0.6) is 0 Å². The van der Waals surface area contributed by atoms with Crippen molar-refractivity contribution in [2.45, 2.75) is 6.92 Å². The van der Waals surface area contributed by atoms with Gasteiger partial charge in [-0.3, -0.25) is 4.79 Å². The molecule has 0 aliphatic heterocycles. The van der Waals surface area contributed by atoms with Crippen molar-refractivity contribution in [2.75, 3.05) is 5.32 Å². The number of benzene rings is 1. The smallest absolute Gasteiger partial charge is 0.259 e. The molecule has 1 aromatic carbocycles. The van der Waals surface area contributed by atoms with E-state index in [4.69, 9.17) is 8.94 Å². The van der Waals surface area contributed by atoms with Gasteiger partial charge in [0.1, 0.15) is 23.0 Å². The summed E-state index contributed by atoms with van der Waals surface area (Å²) in [5.74, 6) is -2.07. The average Bonchev–Trinajstić information content (AvgIpc) is 3.28. The second-order valence-electron chi connectivity index (χ2n) is 5.53. The van der Waals surface area contributed by atoms with Crippen LogP contribution in [0.1, 0.15) is 16.1 Å². The number of nitrogens with zero attached hydrogens (tertiary/aromatic N) is 2. The van der Waals surface area contributed by atoms with E-state index < -0.39 is 23.2 Å². The van der Waals surface area contributed by atoms with Crippen molar-refractivity contribution in [1.29, 1.82) is 0 Å². The molecule has 0 aliphatic rings. The average molecular weight is 355 g/mol. The molecule has 0 unspecified atom stereocenters. The predicted octanol–water partition coefficient (Wildman–Crippen LogP) is 4.32. The molecule has 4 aromatic rings. The summed E-state index contributed by atoms with van der Waals surface area (Å²) in [6, 6.07) is 8.11. The van der Waals surface area contributed by atoms with Gasteiger partial charge in [-0.2, -0.15) is 0 Å². The highest BCUT2D eigenvalue weighted by Crippen LogP contribution is 2.28. The molecule has 26 heavy (non-hydrogen) atoms. The highest BCUT2D eigenvalue weighted by molar-refractivity contribution is 6.13. The molecular formula is C18H11F2N3O3. The Balaban J connectivity index is 1.84. The summed E-state index contributed by atoms with van der Waals surface area (Å²) >= 11 is 0. The van der Waals surface area contributed by atoms with Gasteiger partial charge < -0.3 is 14.3 Å². The zero-order chi connectivity index (χ0) is 18.3. The second-order valence-corrected chi connectivity index (χ2v) is 5.53. The third-order valence-electron chi connectivity index (χ3n) is 3.84. The lowest BCUT2D eigenvalue weighted by atomic mass is 10.1. The monoisotopic (exact) mass is 355 g/mol. The molecule has 4 rings (SSSR count). The number of halogens is 2. The number of para-hydroxylation sites is 1. The van der Waals surface area contributed by atoms with Gasteiger partial charge in [0, 0.05) is 0 Å². The van der Waals surface area contributed by atoms with Crippen molar-refractivity contribution in [3.63, 3.8) is 0 Å². The maximum atomic E-state index is 13.8. The van der Waals surface area contributed by atoms with Crippen molar-refractivity contribution in [3.8, 4) is 11.5 Å². The Morgan fingerprint density at radius 2 is 1.92 bits per heavy atom. The summed E-state index contributed by atoms with van der Waals surface area (Å²) < 4.78 is 38.1. The van der Waals surface area contributed by atoms with Gasteiger partial charge in [0.2, 0.25) is 0 Å². The SMILES string of the molecule is Cc1noc2nc(-c3ccco3)cc(C(=O)Nc3c(F)cccc3F)c12. The molecular weight excluding hydrogens is 344 g/mol. The Labute approximate surface area is 145 Å². The molecule has 0 aliphatic carbocycles. The second kappa shape index (κ2) is 6.07. The maximum Gasteiger partial charge on any atom is 0.259 e. The normalized spacial score (nSPS) is 11.0. The summed E-state index contributed by atoms with van der Waals surface area (Å²) in [5.41, 5.74) is 0.463. The van der Waals surface area contributed by atoms with Gasteiger partial charge in [-0.25, -0.2) is 13.8 Å². The van der Waals surface area contributed by atoms with E-state index in [2.05, 4.69) is 15.5 Å². The van der Waals surface area contributed by atoms with Crippen LogP contribution in [0.4, 0.5) is 14.5 Å². The number of fused-ring (bicyclic) bond motifs is 1. The molecule has 0 atom stereocenters. The van der Waals surface area contributed by atoms with Gasteiger partial charge in [-0.1, -0.05) is 11.2 Å². The van der Waals surface area contributed by atoms with E-state index in [1.165, 1.54) is 18.4 Å². The van der Waals surface area contributed by atoms with Crippen LogP contribution in [0.15, 0.2) is 51.6 Å². The van der Waals surface area contributed by atoms with E-state index in [0.29, 0.717) is 22.5 Å². The number of hydrogen-bond donors (Lipinski definition) is 1. The van der Waals surface area contributed by atoms with Crippen molar-refractivity contribution in [2.24, 2.45) is 0 Å². The molecule has 1 amide bonds. The fourth-order valence-corrected chi connectivity index (χ4v) is 2.62. The molecule has 0 fully saturated rings. The Morgan fingerprint density at radius 1 is 1.15 bits per heavy atom. The van der Waals surface area contributed by atoms with Crippen LogP contribution < -0.4 is 5.32 Å². The molecule has 0 saturated carbocycles. The fraction of sp³-hybridized carbons (Fsp3) is 0.0556. The van der Waals surface area contributed by atoms with Crippen LogP contribution in [0, 0.1) is 18.6 Å². The molecule has 3 heterocycles. The summed E-state index contributed by atoms with van der Waals surface area (Å²) in [6.45, 7) is 1.64. The minimum atomic E-state index is -0.878. The van der Waals surface area contributed by atoms with Crippen LogP contribution in [0.25, 0.3) is 22.6 Å². The minimum absolute atomic E-state index is 0.114. The van der Waals surface area contributed by atoms with E-state index >= 15 is 0 Å². The highest BCUT2D eigenvalue weighted by atomic mass is 19.1. The van der Waals surface area contributed by atoms with Gasteiger partial charge >= 0.3 is 0 Å². The number of amides is 1. The van der Waals surface area contributed by atoms with E-state index in [-0.39, 0.29) is 11.3 Å². The molecule has 3 aromatic heterocycles. The first-order valence-electron chi connectivity index (χ1n) is 7.61. The number of anilines is 1. The number of aryl methyl sites for hydroxylation is 1. The van der Waals surface area contributed by atoms with Gasteiger partial charge in [-0.15, -0.1) is 0 Å². The summed E-state index contributed by atoms with van der Waals surface area (Å²) in [5, 5.41) is 6.42. The molecule has 6 nitrogen and oxygen atoms in total. The van der Waals surface area contributed by atoms with E-state index in [0.717, 1.165) is 12.1 Å². The van der Waals surface area contributed by atoms with Crippen LogP contribution in [0.3, 0.4) is 0 Å². The third kappa shape index (κ3) is 2.61. The topological polar surface area (TPSA) is 81.2 Å². The Morgan fingerprint density at radius 3 is 2.62 bits per heavy atom. The molecule has 0 saturated heterocycles. The van der Waals surface area contributed by atoms with E-state index in [1.807, 2.05) is 0 Å². The maximum absolute atomic E-state index is 13.8.